The molecule has 18 heteroatoms. The van der Waals surface area contributed by atoms with Crippen LogP contribution in [0.5, 0.6) is 0 Å². The number of hydrogen-bond acceptors (Lipinski definition) is 6. The van der Waals surface area contributed by atoms with E-state index < -0.39 is 72.3 Å². The van der Waals surface area contributed by atoms with Crippen molar-refractivity contribution in [2.45, 2.75) is 36.2 Å². The largest absolute Gasteiger partial charge is 0.407 e. The zero-order valence-corrected chi connectivity index (χ0v) is 24.4. The molecule has 0 aliphatic carbocycles. The summed E-state index contributed by atoms with van der Waals surface area (Å²) in [6.45, 7) is 0.846. The summed E-state index contributed by atoms with van der Waals surface area (Å²) in [6.07, 6.45) is 0. The first-order chi connectivity index (χ1) is 19.6. The molecule has 3 aromatic carbocycles. The van der Waals surface area contributed by atoms with Gasteiger partial charge >= 0.3 is 26.5 Å². The first-order valence-corrected chi connectivity index (χ1v) is 16.5. The molecule has 0 saturated heterocycles. The van der Waals surface area contributed by atoms with Crippen LogP contribution in [0.25, 0.3) is 0 Å². The molecule has 0 aliphatic heterocycles. The van der Waals surface area contributed by atoms with Gasteiger partial charge in [0.15, 0.2) is 0 Å². The van der Waals surface area contributed by atoms with E-state index in [2.05, 4.69) is 0 Å². The van der Waals surface area contributed by atoms with Crippen LogP contribution in [0, 0.1) is 6.92 Å². The van der Waals surface area contributed by atoms with E-state index in [1.54, 1.807) is 6.92 Å². The van der Waals surface area contributed by atoms with E-state index in [4.69, 9.17) is 19.6 Å². The first-order valence-electron chi connectivity index (χ1n) is 11.8. The van der Waals surface area contributed by atoms with Crippen molar-refractivity contribution in [1.82, 2.24) is 4.31 Å². The lowest BCUT2D eigenvalue weighted by Gasteiger charge is -2.23. The van der Waals surface area contributed by atoms with Crippen LogP contribution in [0.4, 0.5) is 17.6 Å². The average Bonchev–Trinajstić information content (AvgIpc) is 2.91. The van der Waals surface area contributed by atoms with Gasteiger partial charge in [-0.05, 0) is 30.2 Å². The number of halogens is 4. The molecule has 43 heavy (non-hydrogen) atoms. The monoisotopic (exact) mass is 667 g/mol. The second-order valence-corrected chi connectivity index (χ2v) is 14.5. The van der Waals surface area contributed by atoms with Gasteiger partial charge in [0.2, 0.25) is 21.6 Å². The van der Waals surface area contributed by atoms with Crippen LogP contribution in [0.1, 0.15) is 37.4 Å². The van der Waals surface area contributed by atoms with E-state index in [1.807, 2.05) is 0 Å². The molecule has 0 aliphatic rings. The molecule has 0 amide bonds. The fourth-order valence-corrected chi connectivity index (χ4v) is 5.83. The van der Waals surface area contributed by atoms with Gasteiger partial charge in [0, 0.05) is 24.2 Å². The molecule has 0 bridgehead atoms. The molecule has 0 atom stereocenters. The summed E-state index contributed by atoms with van der Waals surface area (Å²) < 4.78 is 105. The summed E-state index contributed by atoms with van der Waals surface area (Å²) >= 11 is 0. The van der Waals surface area contributed by atoms with E-state index >= 15 is 0 Å². The van der Waals surface area contributed by atoms with Gasteiger partial charge in [0.1, 0.15) is 0 Å². The Labute approximate surface area is 242 Å². The van der Waals surface area contributed by atoms with Gasteiger partial charge in [0.25, 0.3) is 0 Å². The van der Waals surface area contributed by atoms with Crippen LogP contribution in [-0.4, -0.2) is 55.2 Å². The molecule has 0 heterocycles. The Morgan fingerprint density at radius 2 is 1.00 bits per heavy atom. The smallest absolute Gasteiger partial charge is 0.320 e. The molecular formula is C25H23F4NO10P2S. The van der Waals surface area contributed by atoms with Gasteiger partial charge in [-0.1, -0.05) is 66.2 Å². The Morgan fingerprint density at radius 1 is 0.674 bits per heavy atom. The van der Waals surface area contributed by atoms with E-state index in [0.717, 1.165) is 58.4 Å². The average molecular weight is 667 g/mol. The van der Waals surface area contributed by atoms with Crippen LogP contribution in [0.3, 0.4) is 0 Å². The van der Waals surface area contributed by atoms with Crippen LogP contribution >= 0.6 is 15.2 Å². The Hall–Kier alpha value is -3.07. The summed E-state index contributed by atoms with van der Waals surface area (Å²) in [7, 11) is -16.5. The van der Waals surface area contributed by atoms with Gasteiger partial charge in [-0.25, -0.2) is 8.42 Å². The number of benzene rings is 3. The van der Waals surface area contributed by atoms with Crippen molar-refractivity contribution in [2.24, 2.45) is 0 Å². The van der Waals surface area contributed by atoms with Crippen LogP contribution in [-0.2, 0) is 32.2 Å². The Kier molecular flexibility index (Phi) is 9.72. The first kappa shape index (κ1) is 34.4. The third-order valence-corrected chi connectivity index (χ3v) is 9.76. The lowest BCUT2D eigenvalue weighted by molar-refractivity contribution is 0.0408. The lowest BCUT2D eigenvalue weighted by Crippen LogP contribution is -2.31. The number of rotatable bonds is 12. The summed E-state index contributed by atoms with van der Waals surface area (Å²) in [4.78, 5) is 59.0. The predicted octanol–water partition coefficient (Wildman–Crippen LogP) is 4.29. The topological polar surface area (TPSA) is 187 Å². The highest BCUT2D eigenvalue weighted by Crippen LogP contribution is 2.55. The summed E-state index contributed by atoms with van der Waals surface area (Å²) in [5, 5.41) is 0. The number of hydrogen-bond donors (Lipinski definition) is 4. The zero-order valence-electron chi connectivity index (χ0n) is 21.8. The van der Waals surface area contributed by atoms with Crippen molar-refractivity contribution in [3.8, 4) is 0 Å². The number of alkyl halides is 4. The number of carbonyl (C=O) groups is 2. The number of ketones is 2. The van der Waals surface area contributed by atoms with Crippen molar-refractivity contribution < 1.29 is 64.3 Å². The van der Waals surface area contributed by atoms with Crippen molar-refractivity contribution in [3.63, 3.8) is 0 Å². The van der Waals surface area contributed by atoms with E-state index in [1.165, 1.54) is 24.3 Å². The standard InChI is InChI=1S/C25H23F4NO10P2S/c1-16-2-12-21(13-3-16)43(39,40)30(14-17-4-8-19(9-5-17)22(31)24(26,27)41(33,34)35)15-18-6-10-20(11-7-18)23(32)25(28,29)42(36,37)38/h2-13H,14-15H2,1H3,(H2,33,34,35)(H2,36,37,38). The van der Waals surface area contributed by atoms with Gasteiger partial charge in [-0.3, -0.25) is 18.7 Å². The molecule has 0 spiro atoms. The van der Waals surface area contributed by atoms with E-state index in [9.17, 15) is 44.7 Å². The second kappa shape index (κ2) is 12.1. The Morgan fingerprint density at radius 3 is 1.30 bits per heavy atom. The minimum atomic E-state index is -6.12. The highest BCUT2D eigenvalue weighted by Gasteiger charge is 2.56. The molecule has 0 saturated carbocycles. The molecule has 0 aromatic heterocycles. The highest BCUT2D eigenvalue weighted by molar-refractivity contribution is 7.89. The maximum atomic E-state index is 13.8. The fraction of sp³-hybridized carbons (Fsp3) is 0.200. The number of aryl methyl sites for hydroxylation is 1. The van der Waals surface area contributed by atoms with E-state index in [-0.39, 0.29) is 16.0 Å². The molecule has 11 nitrogen and oxygen atoms in total. The normalized spacial score (nSPS) is 13.3. The van der Waals surface area contributed by atoms with Gasteiger partial charge in [-0.2, -0.15) is 21.9 Å². The number of sulfonamides is 1. The number of carbonyl (C=O) groups excluding carboxylic acids is 2. The zero-order chi connectivity index (χ0) is 32.6. The van der Waals surface area contributed by atoms with Gasteiger partial charge in [-0.15, -0.1) is 0 Å². The predicted molar refractivity (Wildman–Crippen MR) is 143 cm³/mol. The van der Waals surface area contributed by atoms with Crippen LogP contribution in [0.2, 0.25) is 0 Å². The van der Waals surface area contributed by atoms with Crippen molar-refractivity contribution in [2.75, 3.05) is 0 Å². The van der Waals surface area contributed by atoms with Crippen LogP contribution in [0.15, 0.2) is 77.7 Å². The third kappa shape index (κ3) is 7.36. The molecule has 0 fully saturated rings. The highest BCUT2D eigenvalue weighted by atomic mass is 32.2. The maximum absolute atomic E-state index is 13.8. The van der Waals surface area contributed by atoms with Gasteiger partial charge < -0.3 is 19.6 Å². The molecule has 4 N–H and O–H groups in total. The second-order valence-electron chi connectivity index (χ2n) is 9.31. The Balaban J connectivity index is 1.95. The minimum absolute atomic E-state index is 0.153. The number of Topliss-reactive ketones (excluding diaryl/α,β-unsaturated/α-hetero) is 2. The van der Waals surface area contributed by atoms with Crippen molar-refractivity contribution in [3.05, 3.63) is 101 Å². The van der Waals surface area contributed by atoms with Crippen molar-refractivity contribution >= 4 is 36.8 Å². The fourth-order valence-electron chi connectivity index (χ4n) is 3.63. The molecule has 3 rings (SSSR count). The molecular weight excluding hydrogens is 644 g/mol. The Bertz CT molecular complexity index is 1630. The molecule has 0 radical (unpaired) electrons. The third-order valence-electron chi connectivity index (χ3n) is 6.09. The number of nitrogens with zero attached hydrogens (tertiary/aromatic N) is 1. The summed E-state index contributed by atoms with van der Waals surface area (Å²) in [5.74, 6) is -4.29. The quantitative estimate of drug-likeness (QED) is 0.123. The lowest BCUT2D eigenvalue weighted by atomic mass is 10.1. The van der Waals surface area contributed by atoms with Gasteiger partial charge in [0.05, 0.1) is 4.90 Å². The molecule has 232 valence electrons. The summed E-state index contributed by atoms with van der Waals surface area (Å²) in [6, 6.07) is 13.4. The summed E-state index contributed by atoms with van der Waals surface area (Å²) in [5.41, 5.74) is -10.4. The SMILES string of the molecule is Cc1ccc(S(=O)(=O)N(Cc2ccc(C(=O)C(F)(F)P(=O)(O)O)cc2)Cc2ccc(C(=O)C(F)(F)P(=O)(O)O)cc2)cc1. The van der Waals surface area contributed by atoms with E-state index in [0.29, 0.717) is 0 Å². The van der Waals surface area contributed by atoms with Crippen molar-refractivity contribution in [1.29, 1.82) is 0 Å². The van der Waals surface area contributed by atoms with Crippen LogP contribution < -0.4 is 0 Å². The molecule has 3 aromatic rings. The molecule has 0 unspecified atom stereocenters. The minimum Gasteiger partial charge on any atom is -0.320 e. The maximum Gasteiger partial charge on any atom is 0.407 e.